The predicted molar refractivity (Wildman–Crippen MR) is 368 cm³/mol. The third kappa shape index (κ3) is 66.5. The van der Waals surface area contributed by atoms with Crippen molar-refractivity contribution < 1.29 is 80.2 Å². The molecule has 0 fully saturated rings. The minimum Gasteiger partial charge on any atom is -0.462 e. The summed E-state index contributed by atoms with van der Waals surface area (Å²) in [7, 11) is -9.90. The van der Waals surface area contributed by atoms with E-state index in [2.05, 4.69) is 41.5 Å². The van der Waals surface area contributed by atoms with Crippen molar-refractivity contribution in [3.05, 3.63) is 0 Å². The minimum absolute atomic E-state index is 0.105. The van der Waals surface area contributed by atoms with E-state index in [0.29, 0.717) is 25.7 Å². The maximum absolute atomic E-state index is 13.0. The quantitative estimate of drug-likeness (QED) is 0.0222. The average Bonchev–Trinajstić information content (AvgIpc) is 3.53. The van der Waals surface area contributed by atoms with Gasteiger partial charge in [-0.15, -0.1) is 0 Å². The molecular formula is C72H140O17P2. The van der Waals surface area contributed by atoms with Gasteiger partial charge in [0.2, 0.25) is 0 Å². The van der Waals surface area contributed by atoms with E-state index in [1.165, 1.54) is 186 Å². The number of hydrogen-bond donors (Lipinski definition) is 3. The molecule has 0 amide bonds. The Labute approximate surface area is 556 Å². The number of phosphoric acid groups is 2. The standard InChI is InChI=1S/C72H140O17P2/c1-7-9-11-13-15-17-19-20-21-22-23-24-26-30-38-44-50-56-71(76)88-67(60-83-70(75)55-49-43-37-31-27-28-34-40-46-52-64(3)4)62-86-90(78,79)84-58-66(73)59-85-91(80,81)87-63-68(89-72(77)57-51-45-39-33-32-35-41-47-53-65(5)6)61-82-69(74)54-48-42-36-29-25-18-16-14-12-10-8-2/h64-68,73H,7-63H2,1-6H3,(H,78,79)(H,80,81)/t66-,67-,68-/m1/s1. The predicted octanol–water partition coefficient (Wildman–Crippen LogP) is 20.8. The number of ether oxygens (including phenoxy) is 4. The first-order chi connectivity index (χ1) is 43.9. The van der Waals surface area contributed by atoms with E-state index < -0.39 is 97.5 Å². The van der Waals surface area contributed by atoms with Crippen LogP contribution >= 0.6 is 15.6 Å². The molecule has 0 aromatic heterocycles. The molecule has 0 saturated heterocycles. The van der Waals surface area contributed by atoms with Gasteiger partial charge in [0.25, 0.3) is 0 Å². The second-order valence-corrected chi connectivity index (χ2v) is 29.8. The van der Waals surface area contributed by atoms with E-state index in [9.17, 15) is 43.2 Å². The Bertz CT molecular complexity index is 1770. The fourth-order valence-corrected chi connectivity index (χ4v) is 12.5. The van der Waals surface area contributed by atoms with Gasteiger partial charge < -0.3 is 33.8 Å². The fourth-order valence-electron chi connectivity index (χ4n) is 10.9. The van der Waals surface area contributed by atoms with Gasteiger partial charge >= 0.3 is 39.5 Å². The van der Waals surface area contributed by atoms with Crippen LogP contribution in [0.15, 0.2) is 0 Å². The molecule has 0 bridgehead atoms. The molecule has 3 N–H and O–H groups in total. The van der Waals surface area contributed by atoms with E-state index in [0.717, 1.165) is 102 Å². The lowest BCUT2D eigenvalue weighted by atomic mass is 10.0. The summed E-state index contributed by atoms with van der Waals surface area (Å²) < 4.78 is 68.4. The zero-order valence-electron chi connectivity index (χ0n) is 59.1. The van der Waals surface area contributed by atoms with Gasteiger partial charge in [0, 0.05) is 25.7 Å². The van der Waals surface area contributed by atoms with Crippen molar-refractivity contribution in [1.82, 2.24) is 0 Å². The highest BCUT2D eigenvalue weighted by Crippen LogP contribution is 2.45. The molecule has 19 heteroatoms. The third-order valence-electron chi connectivity index (χ3n) is 16.7. The van der Waals surface area contributed by atoms with Crippen LogP contribution in [0.25, 0.3) is 0 Å². The van der Waals surface area contributed by atoms with Gasteiger partial charge in [-0.3, -0.25) is 37.3 Å². The molecule has 0 radical (unpaired) electrons. The van der Waals surface area contributed by atoms with Gasteiger partial charge in [-0.2, -0.15) is 0 Å². The van der Waals surface area contributed by atoms with Crippen LogP contribution in [0.2, 0.25) is 0 Å². The minimum atomic E-state index is -4.95. The molecule has 0 aliphatic carbocycles. The van der Waals surface area contributed by atoms with Crippen LogP contribution in [0.4, 0.5) is 0 Å². The number of esters is 4. The normalized spacial score (nSPS) is 14.1. The molecule has 0 heterocycles. The lowest BCUT2D eigenvalue weighted by Crippen LogP contribution is -2.30. The molecular weight excluding hydrogens is 1200 g/mol. The number of unbranched alkanes of at least 4 members (excludes halogenated alkanes) is 41. The number of aliphatic hydroxyl groups is 1. The van der Waals surface area contributed by atoms with E-state index >= 15 is 0 Å². The highest BCUT2D eigenvalue weighted by Gasteiger charge is 2.30. The summed E-state index contributed by atoms with van der Waals surface area (Å²) in [6.45, 7) is 9.51. The second-order valence-electron chi connectivity index (χ2n) is 26.9. The number of aliphatic hydroxyl groups excluding tert-OH is 1. The van der Waals surface area contributed by atoms with Gasteiger partial charge in [0.05, 0.1) is 26.4 Å². The van der Waals surface area contributed by atoms with E-state index in [4.69, 9.17) is 37.0 Å². The van der Waals surface area contributed by atoms with Crippen LogP contribution in [0.5, 0.6) is 0 Å². The van der Waals surface area contributed by atoms with E-state index in [-0.39, 0.29) is 25.7 Å². The molecule has 0 aromatic rings. The largest absolute Gasteiger partial charge is 0.472 e. The van der Waals surface area contributed by atoms with Crippen molar-refractivity contribution in [2.45, 2.75) is 387 Å². The zero-order valence-corrected chi connectivity index (χ0v) is 60.9. The molecule has 17 nitrogen and oxygen atoms in total. The van der Waals surface area contributed by atoms with Crippen LogP contribution in [0.1, 0.15) is 369 Å². The van der Waals surface area contributed by atoms with E-state index in [1.54, 1.807) is 0 Å². The Morgan fingerprint density at radius 3 is 0.747 bits per heavy atom. The number of rotatable bonds is 71. The molecule has 91 heavy (non-hydrogen) atoms. The molecule has 540 valence electrons. The van der Waals surface area contributed by atoms with Crippen molar-refractivity contribution in [3.8, 4) is 0 Å². The molecule has 2 unspecified atom stereocenters. The van der Waals surface area contributed by atoms with Crippen LogP contribution in [-0.2, 0) is 65.4 Å². The van der Waals surface area contributed by atoms with Crippen LogP contribution in [0.3, 0.4) is 0 Å². The Hall–Kier alpha value is -1.94. The highest BCUT2D eigenvalue weighted by atomic mass is 31.2. The SMILES string of the molecule is CCCCCCCCCCCCCCCCCCCC(=O)O[C@H](COC(=O)CCCCCCCCCCCC(C)C)COP(=O)(O)OC[C@@H](O)COP(=O)(O)OC[C@@H](COC(=O)CCCCCCCCCCCCC)OC(=O)CCCCCCCCCCC(C)C. The zero-order chi connectivity index (χ0) is 67.2. The maximum atomic E-state index is 13.0. The fraction of sp³-hybridized carbons (Fsp3) is 0.944. The third-order valence-corrected chi connectivity index (χ3v) is 18.6. The number of hydrogen-bond acceptors (Lipinski definition) is 15. The summed E-state index contributed by atoms with van der Waals surface area (Å²) in [5.74, 6) is -0.660. The lowest BCUT2D eigenvalue weighted by molar-refractivity contribution is -0.161. The van der Waals surface area contributed by atoms with Crippen LogP contribution in [-0.4, -0.2) is 96.7 Å². The van der Waals surface area contributed by atoms with Crippen molar-refractivity contribution in [3.63, 3.8) is 0 Å². The van der Waals surface area contributed by atoms with Gasteiger partial charge in [0.15, 0.2) is 12.2 Å². The molecule has 0 spiro atoms. The van der Waals surface area contributed by atoms with Crippen molar-refractivity contribution >= 4 is 39.5 Å². The topological polar surface area (TPSA) is 237 Å². The molecule has 0 saturated carbocycles. The second kappa shape index (κ2) is 64.1. The summed E-state index contributed by atoms with van der Waals surface area (Å²) in [6, 6.07) is 0. The maximum Gasteiger partial charge on any atom is 0.472 e. The van der Waals surface area contributed by atoms with Gasteiger partial charge in [0.1, 0.15) is 19.3 Å². The van der Waals surface area contributed by atoms with Crippen molar-refractivity contribution in [2.75, 3.05) is 39.6 Å². The Morgan fingerprint density at radius 2 is 0.505 bits per heavy atom. The summed E-state index contributed by atoms with van der Waals surface area (Å²) in [6.07, 6.45) is 49.9. The number of carbonyl (C=O) groups excluding carboxylic acids is 4. The smallest absolute Gasteiger partial charge is 0.462 e. The van der Waals surface area contributed by atoms with Gasteiger partial charge in [-0.25, -0.2) is 9.13 Å². The van der Waals surface area contributed by atoms with Gasteiger partial charge in [-0.05, 0) is 37.5 Å². The first-order valence-electron chi connectivity index (χ1n) is 37.5. The van der Waals surface area contributed by atoms with Crippen LogP contribution < -0.4 is 0 Å². The summed E-state index contributed by atoms with van der Waals surface area (Å²) in [5.41, 5.74) is 0. The van der Waals surface area contributed by atoms with Crippen molar-refractivity contribution in [2.24, 2.45) is 11.8 Å². The number of phosphoric ester groups is 2. The molecule has 0 aromatic carbocycles. The Kier molecular flexibility index (Phi) is 62.7. The molecule has 0 rings (SSSR count). The molecule has 5 atom stereocenters. The van der Waals surface area contributed by atoms with Crippen molar-refractivity contribution in [1.29, 1.82) is 0 Å². The molecule has 0 aliphatic heterocycles. The van der Waals surface area contributed by atoms with E-state index in [1.807, 2.05) is 0 Å². The average molecular weight is 1340 g/mol. The first kappa shape index (κ1) is 89.1. The highest BCUT2D eigenvalue weighted by molar-refractivity contribution is 7.47. The van der Waals surface area contributed by atoms with Gasteiger partial charge in [-0.1, -0.05) is 318 Å². The summed E-state index contributed by atoms with van der Waals surface area (Å²) in [5, 5.41) is 10.6. The summed E-state index contributed by atoms with van der Waals surface area (Å²) >= 11 is 0. The first-order valence-corrected chi connectivity index (χ1v) is 40.5. The summed E-state index contributed by atoms with van der Waals surface area (Å²) in [4.78, 5) is 72.6. The Morgan fingerprint density at radius 1 is 0.297 bits per heavy atom. The molecule has 0 aliphatic rings. The number of carbonyl (C=O) groups is 4. The Balaban J connectivity index is 5.24. The lowest BCUT2D eigenvalue weighted by Gasteiger charge is -2.21. The van der Waals surface area contributed by atoms with Crippen LogP contribution in [0, 0.1) is 11.8 Å². The monoisotopic (exact) mass is 1340 g/mol.